The van der Waals surface area contributed by atoms with E-state index in [1.165, 1.54) is 18.5 Å². The van der Waals surface area contributed by atoms with Crippen molar-refractivity contribution in [2.45, 2.75) is 25.4 Å². The van der Waals surface area contributed by atoms with Crippen LogP contribution in [0.1, 0.15) is 12.8 Å². The van der Waals surface area contributed by atoms with Gasteiger partial charge in [0.05, 0.1) is 0 Å². The van der Waals surface area contributed by atoms with E-state index in [2.05, 4.69) is 10.3 Å². The molecule has 0 aromatic carbocycles. The minimum Gasteiger partial charge on any atom is -0.480 e. The molecule has 18 heavy (non-hydrogen) atoms. The molecule has 0 saturated heterocycles. The predicted molar refractivity (Wildman–Crippen MR) is 60.8 cm³/mol. The van der Waals surface area contributed by atoms with Gasteiger partial charge in [0.1, 0.15) is 12.6 Å². The molecule has 1 fully saturated rings. The molecule has 96 valence electrons. The maximum Gasteiger partial charge on any atom is 0.347 e. The van der Waals surface area contributed by atoms with Crippen molar-refractivity contribution >= 4 is 11.9 Å². The number of carbonyl (C=O) groups is 2. The Hall–Kier alpha value is -2.18. The van der Waals surface area contributed by atoms with Crippen LogP contribution in [0, 0.1) is 5.92 Å². The lowest BCUT2D eigenvalue weighted by Gasteiger charge is -2.13. The summed E-state index contributed by atoms with van der Waals surface area (Å²) in [6.07, 6.45) is 4.39. The number of hydrogen-bond donors (Lipinski definition) is 2. The third-order valence-corrected chi connectivity index (χ3v) is 2.77. The second kappa shape index (κ2) is 4.99. The fraction of sp³-hybridized carbons (Fsp3) is 0.455. The van der Waals surface area contributed by atoms with Crippen molar-refractivity contribution in [1.29, 1.82) is 0 Å². The molecule has 1 aromatic heterocycles. The topological polar surface area (TPSA) is 101 Å². The van der Waals surface area contributed by atoms with Crippen molar-refractivity contribution in [3.63, 3.8) is 0 Å². The van der Waals surface area contributed by atoms with Gasteiger partial charge in [0, 0.05) is 12.4 Å². The molecule has 1 heterocycles. The average molecular weight is 251 g/mol. The van der Waals surface area contributed by atoms with Gasteiger partial charge in [-0.3, -0.25) is 9.36 Å². The summed E-state index contributed by atoms with van der Waals surface area (Å²) in [7, 11) is 0. The van der Waals surface area contributed by atoms with Crippen LogP contribution in [-0.2, 0) is 16.1 Å². The van der Waals surface area contributed by atoms with E-state index in [1.807, 2.05) is 0 Å². The SMILES string of the molecule is O=C(Cn1cccnc1=O)NC(C(=O)O)C1CC1. The van der Waals surface area contributed by atoms with Crippen LogP contribution in [0.5, 0.6) is 0 Å². The summed E-state index contributed by atoms with van der Waals surface area (Å²) in [4.78, 5) is 37.4. The Morgan fingerprint density at radius 1 is 1.56 bits per heavy atom. The summed E-state index contributed by atoms with van der Waals surface area (Å²) < 4.78 is 1.13. The van der Waals surface area contributed by atoms with Gasteiger partial charge in [0.15, 0.2) is 0 Å². The number of rotatable bonds is 5. The van der Waals surface area contributed by atoms with Crippen LogP contribution < -0.4 is 11.0 Å². The number of hydrogen-bond acceptors (Lipinski definition) is 4. The molecule has 0 aliphatic heterocycles. The molecule has 0 spiro atoms. The van der Waals surface area contributed by atoms with Crippen molar-refractivity contribution in [2.24, 2.45) is 5.92 Å². The second-order valence-corrected chi connectivity index (χ2v) is 4.25. The Kier molecular flexibility index (Phi) is 3.40. The molecule has 2 rings (SSSR count). The van der Waals surface area contributed by atoms with E-state index < -0.39 is 23.6 Å². The van der Waals surface area contributed by atoms with Crippen molar-refractivity contribution in [1.82, 2.24) is 14.9 Å². The average Bonchev–Trinajstić information content (AvgIpc) is 3.13. The van der Waals surface area contributed by atoms with Crippen molar-refractivity contribution in [2.75, 3.05) is 0 Å². The molecule has 1 atom stereocenters. The second-order valence-electron chi connectivity index (χ2n) is 4.25. The molecular weight excluding hydrogens is 238 g/mol. The lowest BCUT2D eigenvalue weighted by molar-refractivity contribution is -0.142. The zero-order valence-electron chi connectivity index (χ0n) is 9.57. The van der Waals surface area contributed by atoms with Crippen molar-refractivity contribution in [3.05, 3.63) is 28.9 Å². The van der Waals surface area contributed by atoms with Crippen LogP contribution >= 0.6 is 0 Å². The first-order valence-corrected chi connectivity index (χ1v) is 5.61. The van der Waals surface area contributed by atoms with Crippen LogP contribution in [-0.4, -0.2) is 32.6 Å². The lowest BCUT2D eigenvalue weighted by Crippen LogP contribution is -2.44. The summed E-state index contributed by atoms with van der Waals surface area (Å²) in [6, 6.07) is 0.675. The summed E-state index contributed by atoms with van der Waals surface area (Å²) in [5.41, 5.74) is -0.536. The lowest BCUT2D eigenvalue weighted by atomic mass is 10.2. The first-order chi connectivity index (χ1) is 8.58. The first-order valence-electron chi connectivity index (χ1n) is 5.61. The van der Waals surface area contributed by atoms with E-state index >= 15 is 0 Å². The normalized spacial score (nSPS) is 16.0. The molecule has 7 nitrogen and oxygen atoms in total. The molecule has 1 aliphatic carbocycles. The van der Waals surface area contributed by atoms with Crippen LogP contribution in [0.3, 0.4) is 0 Å². The molecule has 0 radical (unpaired) electrons. The molecule has 0 bridgehead atoms. The highest BCUT2D eigenvalue weighted by atomic mass is 16.4. The van der Waals surface area contributed by atoms with Crippen molar-refractivity contribution < 1.29 is 14.7 Å². The number of carbonyl (C=O) groups excluding carboxylic acids is 1. The number of nitrogens with one attached hydrogen (secondary N) is 1. The quantitative estimate of drug-likeness (QED) is 0.715. The summed E-state index contributed by atoms with van der Waals surface area (Å²) >= 11 is 0. The van der Waals surface area contributed by atoms with Crippen LogP contribution in [0.25, 0.3) is 0 Å². The van der Waals surface area contributed by atoms with Gasteiger partial charge >= 0.3 is 11.7 Å². The van der Waals surface area contributed by atoms with Gasteiger partial charge in [-0.05, 0) is 24.8 Å². The summed E-state index contributed by atoms with van der Waals surface area (Å²) in [5.74, 6) is -1.52. The van der Waals surface area contributed by atoms with Crippen LogP contribution in [0.15, 0.2) is 23.3 Å². The molecule has 7 heteroatoms. The zero-order valence-corrected chi connectivity index (χ0v) is 9.57. The molecule has 1 saturated carbocycles. The highest BCUT2D eigenvalue weighted by Crippen LogP contribution is 2.32. The smallest absolute Gasteiger partial charge is 0.347 e. The van der Waals surface area contributed by atoms with E-state index in [9.17, 15) is 14.4 Å². The highest BCUT2D eigenvalue weighted by molar-refractivity contribution is 5.83. The van der Waals surface area contributed by atoms with E-state index in [1.54, 1.807) is 0 Å². The maximum atomic E-state index is 11.6. The number of carboxylic acids is 1. The van der Waals surface area contributed by atoms with Gasteiger partial charge < -0.3 is 10.4 Å². The largest absolute Gasteiger partial charge is 0.480 e. The van der Waals surface area contributed by atoms with E-state index in [0.717, 1.165) is 17.4 Å². The molecule has 2 N–H and O–H groups in total. The zero-order chi connectivity index (χ0) is 13.1. The number of aliphatic carboxylic acids is 1. The number of amides is 1. The minimum atomic E-state index is -1.04. The number of nitrogens with zero attached hydrogens (tertiary/aromatic N) is 2. The Labute approximate surface area is 102 Å². The number of carboxylic acid groups (broad SMARTS) is 1. The van der Waals surface area contributed by atoms with E-state index in [0.29, 0.717) is 0 Å². The monoisotopic (exact) mass is 251 g/mol. The molecule has 1 unspecified atom stereocenters. The molecular formula is C11H13N3O4. The standard InChI is InChI=1S/C11H13N3O4/c15-8(6-14-5-1-4-12-11(14)18)13-9(10(16)17)7-2-3-7/h1,4-5,7,9H,2-3,6H2,(H,13,15)(H,16,17). The number of aromatic nitrogens is 2. The first kappa shape index (κ1) is 12.3. The minimum absolute atomic E-state index is 0.0112. The van der Waals surface area contributed by atoms with Gasteiger partial charge in [0.25, 0.3) is 0 Å². The van der Waals surface area contributed by atoms with E-state index in [4.69, 9.17) is 5.11 Å². The third kappa shape index (κ3) is 2.93. The van der Waals surface area contributed by atoms with Crippen molar-refractivity contribution in [3.8, 4) is 0 Å². The van der Waals surface area contributed by atoms with Gasteiger partial charge in [-0.25, -0.2) is 14.6 Å². The van der Waals surface area contributed by atoms with Crippen LogP contribution in [0.2, 0.25) is 0 Å². The van der Waals surface area contributed by atoms with Crippen LogP contribution in [0.4, 0.5) is 0 Å². The maximum absolute atomic E-state index is 11.6. The molecule has 1 aliphatic rings. The third-order valence-electron chi connectivity index (χ3n) is 2.77. The molecule has 1 aromatic rings. The fourth-order valence-corrected chi connectivity index (χ4v) is 1.69. The van der Waals surface area contributed by atoms with Gasteiger partial charge in [0.2, 0.25) is 5.91 Å². The Balaban J connectivity index is 1.98. The fourth-order valence-electron chi connectivity index (χ4n) is 1.69. The Bertz CT molecular complexity index is 521. The van der Waals surface area contributed by atoms with Gasteiger partial charge in [-0.2, -0.15) is 0 Å². The predicted octanol–water partition coefficient (Wildman–Crippen LogP) is -0.777. The Morgan fingerprint density at radius 3 is 2.83 bits per heavy atom. The summed E-state index contributed by atoms with van der Waals surface area (Å²) in [5, 5.41) is 11.4. The Morgan fingerprint density at radius 2 is 2.28 bits per heavy atom. The molecule has 1 amide bonds. The van der Waals surface area contributed by atoms with Gasteiger partial charge in [-0.1, -0.05) is 0 Å². The van der Waals surface area contributed by atoms with Gasteiger partial charge in [-0.15, -0.1) is 0 Å². The van der Waals surface area contributed by atoms with E-state index in [-0.39, 0.29) is 12.5 Å². The highest BCUT2D eigenvalue weighted by Gasteiger charge is 2.37. The summed E-state index contributed by atoms with van der Waals surface area (Å²) in [6.45, 7) is -0.219.